The van der Waals surface area contributed by atoms with Gasteiger partial charge in [0, 0.05) is 13.1 Å². The summed E-state index contributed by atoms with van der Waals surface area (Å²) >= 11 is 0. The topological polar surface area (TPSA) is 78.6 Å². The summed E-state index contributed by atoms with van der Waals surface area (Å²) in [6.07, 6.45) is 2.89. The van der Waals surface area contributed by atoms with E-state index in [0.29, 0.717) is 6.42 Å². The van der Waals surface area contributed by atoms with E-state index in [-0.39, 0.29) is 12.0 Å². The fraction of sp³-hybridized carbons (Fsp3) is 0.562. The molecule has 4 N–H and O–H groups in total. The van der Waals surface area contributed by atoms with Gasteiger partial charge in [-0.15, -0.1) is 0 Å². The zero-order valence-corrected chi connectivity index (χ0v) is 12.6. The monoisotopic (exact) mass is 291 g/mol. The molecule has 0 radical (unpaired) electrons. The molecule has 0 aromatic heterocycles. The Kier molecular flexibility index (Phi) is 5.59. The third-order valence-electron chi connectivity index (χ3n) is 3.90. The Hall–Kier alpha value is -1.59. The highest BCUT2D eigenvalue weighted by Gasteiger charge is 2.20. The number of hydrogen-bond acceptors (Lipinski definition) is 4. The molecule has 0 bridgehead atoms. The maximum absolute atomic E-state index is 12.1. The number of carbonyl (C=O) groups excluding carboxylic acids is 1. The summed E-state index contributed by atoms with van der Waals surface area (Å²) in [6.45, 7) is 3.62. The first-order chi connectivity index (χ1) is 10.1. The van der Waals surface area contributed by atoms with Crippen molar-refractivity contribution in [1.82, 2.24) is 0 Å². The van der Waals surface area contributed by atoms with Gasteiger partial charge < -0.3 is 21.1 Å². The van der Waals surface area contributed by atoms with Crippen LogP contribution in [0.2, 0.25) is 0 Å². The number of aliphatic hydroxyl groups is 1. The lowest BCUT2D eigenvalue weighted by Crippen LogP contribution is -2.38. The summed E-state index contributed by atoms with van der Waals surface area (Å²) in [4.78, 5) is 14.3. The predicted molar refractivity (Wildman–Crippen MR) is 85.4 cm³/mol. The SMILES string of the molecule is CCCC(N)C(=O)Nc1ccccc1N1CCC(O)CC1. The second-order valence-electron chi connectivity index (χ2n) is 5.62. The number of aliphatic hydroxyl groups excluding tert-OH is 1. The normalized spacial score (nSPS) is 17.6. The van der Waals surface area contributed by atoms with Gasteiger partial charge in [0.2, 0.25) is 5.91 Å². The molecule has 21 heavy (non-hydrogen) atoms. The van der Waals surface area contributed by atoms with Crippen molar-refractivity contribution in [2.75, 3.05) is 23.3 Å². The van der Waals surface area contributed by atoms with Gasteiger partial charge in [-0.05, 0) is 31.4 Å². The van der Waals surface area contributed by atoms with E-state index in [0.717, 1.165) is 43.7 Å². The van der Waals surface area contributed by atoms with Crippen LogP contribution in [0.4, 0.5) is 11.4 Å². The van der Waals surface area contributed by atoms with E-state index in [9.17, 15) is 9.90 Å². The molecule has 116 valence electrons. The Balaban J connectivity index is 2.08. The number of nitrogens with zero attached hydrogens (tertiary/aromatic N) is 1. The van der Waals surface area contributed by atoms with E-state index >= 15 is 0 Å². The highest BCUT2D eigenvalue weighted by atomic mass is 16.3. The fourth-order valence-electron chi connectivity index (χ4n) is 2.63. The summed E-state index contributed by atoms with van der Waals surface area (Å²) in [6, 6.07) is 7.30. The number of anilines is 2. The summed E-state index contributed by atoms with van der Waals surface area (Å²) in [5.74, 6) is -0.138. The average molecular weight is 291 g/mol. The number of benzene rings is 1. The third-order valence-corrected chi connectivity index (χ3v) is 3.90. The molecule has 0 saturated carbocycles. The molecule has 1 atom stereocenters. The van der Waals surface area contributed by atoms with Gasteiger partial charge in [0.15, 0.2) is 0 Å². The molecule has 1 saturated heterocycles. The first kappa shape index (κ1) is 15.8. The maximum Gasteiger partial charge on any atom is 0.241 e. The van der Waals surface area contributed by atoms with Crippen LogP contribution in [0, 0.1) is 0 Å². The van der Waals surface area contributed by atoms with E-state index in [1.54, 1.807) is 0 Å². The van der Waals surface area contributed by atoms with Crippen molar-refractivity contribution in [3.8, 4) is 0 Å². The van der Waals surface area contributed by atoms with Crippen molar-refractivity contribution in [3.05, 3.63) is 24.3 Å². The van der Waals surface area contributed by atoms with Crippen LogP contribution in [0.3, 0.4) is 0 Å². The van der Waals surface area contributed by atoms with Crippen LogP contribution in [-0.4, -0.2) is 36.2 Å². The number of nitrogens with one attached hydrogen (secondary N) is 1. The average Bonchev–Trinajstić information content (AvgIpc) is 2.49. The lowest BCUT2D eigenvalue weighted by atomic mass is 10.1. The number of carbonyl (C=O) groups is 1. The molecule has 1 aromatic carbocycles. The van der Waals surface area contributed by atoms with Gasteiger partial charge in [0.05, 0.1) is 23.5 Å². The molecule has 5 nitrogen and oxygen atoms in total. The van der Waals surface area contributed by atoms with Crippen LogP contribution in [0.5, 0.6) is 0 Å². The maximum atomic E-state index is 12.1. The second-order valence-corrected chi connectivity index (χ2v) is 5.62. The van der Waals surface area contributed by atoms with Crippen molar-refractivity contribution in [1.29, 1.82) is 0 Å². The van der Waals surface area contributed by atoms with Gasteiger partial charge in [0.1, 0.15) is 0 Å². The molecule has 1 aliphatic rings. The van der Waals surface area contributed by atoms with E-state index in [1.165, 1.54) is 0 Å². The van der Waals surface area contributed by atoms with Crippen molar-refractivity contribution < 1.29 is 9.90 Å². The van der Waals surface area contributed by atoms with Crippen LogP contribution in [0.25, 0.3) is 0 Å². The Bertz CT molecular complexity index is 470. The molecule has 1 aromatic rings. The lowest BCUT2D eigenvalue weighted by Gasteiger charge is -2.33. The molecule has 1 heterocycles. The van der Waals surface area contributed by atoms with Gasteiger partial charge in [0.25, 0.3) is 0 Å². The van der Waals surface area contributed by atoms with Crippen molar-refractivity contribution >= 4 is 17.3 Å². The van der Waals surface area contributed by atoms with Crippen molar-refractivity contribution in [3.63, 3.8) is 0 Å². The van der Waals surface area contributed by atoms with Gasteiger partial charge >= 0.3 is 0 Å². The highest BCUT2D eigenvalue weighted by Crippen LogP contribution is 2.28. The number of piperidine rings is 1. The fourth-order valence-corrected chi connectivity index (χ4v) is 2.63. The van der Waals surface area contributed by atoms with Gasteiger partial charge in [-0.3, -0.25) is 4.79 Å². The molecule has 1 unspecified atom stereocenters. The van der Waals surface area contributed by atoms with Crippen LogP contribution < -0.4 is 16.0 Å². The molecule has 1 amide bonds. The van der Waals surface area contributed by atoms with Gasteiger partial charge in [-0.1, -0.05) is 25.5 Å². The Morgan fingerprint density at radius 3 is 2.76 bits per heavy atom. The van der Waals surface area contributed by atoms with Crippen LogP contribution in [0.1, 0.15) is 32.6 Å². The summed E-state index contributed by atoms with van der Waals surface area (Å²) in [7, 11) is 0. The van der Waals surface area contributed by atoms with Crippen LogP contribution >= 0.6 is 0 Å². The summed E-state index contributed by atoms with van der Waals surface area (Å²) in [5.41, 5.74) is 7.66. The Morgan fingerprint density at radius 2 is 2.10 bits per heavy atom. The summed E-state index contributed by atoms with van der Waals surface area (Å²) in [5, 5.41) is 12.5. The first-order valence-corrected chi connectivity index (χ1v) is 7.70. The molecular weight excluding hydrogens is 266 g/mol. The zero-order valence-electron chi connectivity index (χ0n) is 12.6. The molecule has 5 heteroatoms. The molecule has 0 spiro atoms. The molecule has 0 aliphatic carbocycles. The molecule has 1 fully saturated rings. The van der Waals surface area contributed by atoms with Gasteiger partial charge in [-0.25, -0.2) is 0 Å². The zero-order chi connectivity index (χ0) is 15.2. The second kappa shape index (κ2) is 7.43. The number of hydrogen-bond donors (Lipinski definition) is 3. The molecule has 2 rings (SSSR count). The van der Waals surface area contributed by atoms with Crippen LogP contribution in [0.15, 0.2) is 24.3 Å². The minimum Gasteiger partial charge on any atom is -0.393 e. The van der Waals surface area contributed by atoms with E-state index in [2.05, 4.69) is 10.2 Å². The van der Waals surface area contributed by atoms with Crippen LogP contribution in [-0.2, 0) is 4.79 Å². The van der Waals surface area contributed by atoms with Crippen molar-refractivity contribution in [2.45, 2.75) is 44.8 Å². The third kappa shape index (κ3) is 4.19. The highest BCUT2D eigenvalue weighted by molar-refractivity contribution is 5.97. The lowest BCUT2D eigenvalue weighted by molar-refractivity contribution is -0.117. The Labute approximate surface area is 126 Å². The minimum absolute atomic E-state index is 0.138. The number of rotatable bonds is 5. The largest absolute Gasteiger partial charge is 0.393 e. The number of amides is 1. The van der Waals surface area contributed by atoms with E-state index in [1.807, 2.05) is 31.2 Å². The number of para-hydroxylation sites is 2. The first-order valence-electron chi connectivity index (χ1n) is 7.70. The predicted octanol–water partition coefficient (Wildman–Crippen LogP) is 1.71. The summed E-state index contributed by atoms with van der Waals surface area (Å²) < 4.78 is 0. The van der Waals surface area contributed by atoms with E-state index in [4.69, 9.17) is 5.73 Å². The van der Waals surface area contributed by atoms with Crippen molar-refractivity contribution in [2.24, 2.45) is 5.73 Å². The quantitative estimate of drug-likeness (QED) is 0.772. The Morgan fingerprint density at radius 1 is 1.43 bits per heavy atom. The molecular formula is C16H25N3O2. The number of nitrogens with two attached hydrogens (primary N) is 1. The molecule has 1 aliphatic heterocycles. The van der Waals surface area contributed by atoms with E-state index < -0.39 is 6.04 Å². The standard InChI is InChI=1S/C16H25N3O2/c1-2-5-13(17)16(21)18-14-6-3-4-7-15(14)19-10-8-12(20)9-11-19/h3-4,6-7,12-13,20H,2,5,8-11,17H2,1H3,(H,18,21). The van der Waals surface area contributed by atoms with Gasteiger partial charge in [-0.2, -0.15) is 0 Å². The minimum atomic E-state index is -0.466. The smallest absolute Gasteiger partial charge is 0.241 e.